The molecule has 0 aromatic heterocycles. The second-order valence-corrected chi connectivity index (χ2v) is 6.20. The number of rotatable bonds is 4. The monoisotopic (exact) mass is 226 g/mol. The van der Waals surface area contributed by atoms with Gasteiger partial charge in [0.15, 0.2) is 9.04 Å². The van der Waals surface area contributed by atoms with Crippen LogP contribution >= 0.6 is 11.6 Å². The number of hydrogen-bond donors (Lipinski definition) is 0. The molecule has 76 valence electrons. The first-order valence-electron chi connectivity index (χ1n) is 4.67. The van der Waals surface area contributed by atoms with Gasteiger partial charge in [-0.2, -0.15) is 0 Å². The van der Waals surface area contributed by atoms with Gasteiger partial charge >= 0.3 is 0 Å². The standard InChI is InChI=1S/C11H15ClOSi/c1-4-11(13-14(2)3)9-6-5-7-10(12)8-9/h4-8,11,14H,1H2,2-3H3. The van der Waals surface area contributed by atoms with Crippen molar-refractivity contribution in [3.63, 3.8) is 0 Å². The summed E-state index contributed by atoms with van der Waals surface area (Å²) in [5.41, 5.74) is 1.08. The summed E-state index contributed by atoms with van der Waals surface area (Å²) in [6, 6.07) is 7.72. The average molecular weight is 227 g/mol. The molecule has 1 atom stereocenters. The second-order valence-electron chi connectivity index (χ2n) is 3.40. The summed E-state index contributed by atoms with van der Waals surface area (Å²) in [5.74, 6) is 0. The predicted molar refractivity (Wildman–Crippen MR) is 64.4 cm³/mol. The quantitative estimate of drug-likeness (QED) is 0.564. The second kappa shape index (κ2) is 5.34. The molecule has 3 heteroatoms. The van der Waals surface area contributed by atoms with Crippen LogP contribution in [0.1, 0.15) is 11.7 Å². The Kier molecular flexibility index (Phi) is 4.39. The minimum atomic E-state index is -1.05. The fourth-order valence-corrected chi connectivity index (χ4v) is 2.30. The van der Waals surface area contributed by atoms with Crippen LogP contribution in [-0.4, -0.2) is 9.04 Å². The number of halogens is 1. The van der Waals surface area contributed by atoms with Gasteiger partial charge in [-0.15, -0.1) is 6.58 Å². The van der Waals surface area contributed by atoms with Crippen molar-refractivity contribution in [3.8, 4) is 0 Å². The summed E-state index contributed by atoms with van der Waals surface area (Å²) in [6.07, 6.45) is 1.80. The summed E-state index contributed by atoms with van der Waals surface area (Å²) < 4.78 is 5.80. The maximum absolute atomic E-state index is 5.90. The van der Waals surface area contributed by atoms with Crippen molar-refractivity contribution in [1.29, 1.82) is 0 Å². The largest absolute Gasteiger partial charge is 0.410 e. The molecular formula is C11H15ClOSi. The van der Waals surface area contributed by atoms with Crippen molar-refractivity contribution in [2.45, 2.75) is 19.2 Å². The smallest absolute Gasteiger partial charge is 0.172 e. The van der Waals surface area contributed by atoms with E-state index in [1.165, 1.54) is 0 Å². The first kappa shape index (κ1) is 11.5. The topological polar surface area (TPSA) is 9.23 Å². The molecule has 1 aromatic carbocycles. The van der Waals surface area contributed by atoms with E-state index in [-0.39, 0.29) is 6.10 Å². The van der Waals surface area contributed by atoms with E-state index >= 15 is 0 Å². The lowest BCUT2D eigenvalue weighted by Gasteiger charge is -2.17. The van der Waals surface area contributed by atoms with Crippen molar-refractivity contribution in [3.05, 3.63) is 47.5 Å². The van der Waals surface area contributed by atoms with Gasteiger partial charge in [0.2, 0.25) is 0 Å². The zero-order valence-electron chi connectivity index (χ0n) is 8.53. The SMILES string of the molecule is C=CC(O[SiH](C)C)c1cccc(Cl)c1. The molecule has 0 saturated carbocycles. The molecule has 14 heavy (non-hydrogen) atoms. The maximum Gasteiger partial charge on any atom is 0.172 e. The molecule has 0 spiro atoms. The molecule has 1 aromatic rings. The van der Waals surface area contributed by atoms with Gasteiger partial charge in [-0.3, -0.25) is 0 Å². The molecule has 0 aliphatic rings. The van der Waals surface area contributed by atoms with Crippen molar-refractivity contribution in [2.75, 3.05) is 0 Å². The summed E-state index contributed by atoms with van der Waals surface area (Å²) in [6.45, 7) is 8.05. The Balaban J connectivity index is 2.83. The lowest BCUT2D eigenvalue weighted by atomic mass is 10.1. The fourth-order valence-electron chi connectivity index (χ4n) is 1.25. The molecular weight excluding hydrogens is 212 g/mol. The molecule has 0 fully saturated rings. The van der Waals surface area contributed by atoms with E-state index in [4.69, 9.17) is 16.0 Å². The van der Waals surface area contributed by atoms with Crippen LogP contribution in [0.5, 0.6) is 0 Å². The van der Waals surface area contributed by atoms with Crippen LogP contribution in [0, 0.1) is 0 Å². The fraction of sp³-hybridized carbons (Fsp3) is 0.273. The van der Waals surface area contributed by atoms with Crippen LogP contribution in [-0.2, 0) is 4.43 Å². The van der Waals surface area contributed by atoms with Gasteiger partial charge in [0.25, 0.3) is 0 Å². The number of benzene rings is 1. The molecule has 0 radical (unpaired) electrons. The zero-order chi connectivity index (χ0) is 10.6. The van der Waals surface area contributed by atoms with Gasteiger partial charge in [-0.1, -0.05) is 29.8 Å². The Morgan fingerprint density at radius 3 is 2.71 bits per heavy atom. The molecule has 0 amide bonds. The van der Waals surface area contributed by atoms with Gasteiger partial charge < -0.3 is 4.43 Å². The molecule has 0 saturated heterocycles. The van der Waals surface area contributed by atoms with Gasteiger partial charge in [-0.25, -0.2) is 0 Å². The van der Waals surface area contributed by atoms with Crippen LogP contribution in [0.3, 0.4) is 0 Å². The zero-order valence-corrected chi connectivity index (χ0v) is 10.4. The molecule has 0 aliphatic heterocycles. The number of hydrogen-bond acceptors (Lipinski definition) is 1. The lowest BCUT2D eigenvalue weighted by Crippen LogP contribution is -2.12. The molecule has 1 unspecified atom stereocenters. The molecule has 0 heterocycles. The Morgan fingerprint density at radius 1 is 1.50 bits per heavy atom. The molecule has 1 nitrogen and oxygen atoms in total. The van der Waals surface area contributed by atoms with E-state index in [2.05, 4.69) is 19.7 Å². The first-order valence-corrected chi connectivity index (χ1v) is 7.83. The average Bonchev–Trinajstić information content (AvgIpc) is 2.14. The predicted octanol–water partition coefficient (Wildman–Crippen LogP) is 3.57. The maximum atomic E-state index is 5.90. The van der Waals surface area contributed by atoms with Gasteiger partial charge in [0, 0.05) is 5.02 Å². The first-order chi connectivity index (χ1) is 6.63. The lowest BCUT2D eigenvalue weighted by molar-refractivity contribution is 0.261. The van der Waals surface area contributed by atoms with Crippen LogP contribution in [0.25, 0.3) is 0 Å². The van der Waals surface area contributed by atoms with E-state index < -0.39 is 9.04 Å². The molecule has 0 aliphatic carbocycles. The van der Waals surface area contributed by atoms with Gasteiger partial charge in [-0.05, 0) is 30.8 Å². The highest BCUT2D eigenvalue weighted by molar-refractivity contribution is 6.48. The summed E-state index contributed by atoms with van der Waals surface area (Å²) in [7, 11) is -1.05. The normalized spacial score (nSPS) is 12.9. The van der Waals surface area contributed by atoms with E-state index in [1.807, 2.05) is 30.3 Å². The third kappa shape index (κ3) is 3.29. The Labute approximate surface area is 92.1 Å². The molecule has 0 bridgehead atoms. The highest BCUT2D eigenvalue weighted by atomic mass is 35.5. The van der Waals surface area contributed by atoms with Crippen molar-refractivity contribution < 1.29 is 4.43 Å². The summed E-state index contributed by atoms with van der Waals surface area (Å²) in [4.78, 5) is 0. The van der Waals surface area contributed by atoms with Crippen molar-refractivity contribution in [1.82, 2.24) is 0 Å². The Bertz CT molecular complexity index is 312. The third-order valence-corrected chi connectivity index (χ3v) is 2.88. The van der Waals surface area contributed by atoms with Crippen LogP contribution in [0.15, 0.2) is 36.9 Å². The minimum Gasteiger partial charge on any atom is -0.410 e. The van der Waals surface area contributed by atoms with Gasteiger partial charge in [0.05, 0.1) is 6.10 Å². The van der Waals surface area contributed by atoms with Crippen LogP contribution in [0.4, 0.5) is 0 Å². The van der Waals surface area contributed by atoms with E-state index in [1.54, 1.807) is 0 Å². The summed E-state index contributed by atoms with van der Waals surface area (Å²) >= 11 is 5.90. The molecule has 1 rings (SSSR count). The van der Waals surface area contributed by atoms with Gasteiger partial charge in [0.1, 0.15) is 0 Å². The molecule has 0 N–H and O–H groups in total. The van der Waals surface area contributed by atoms with Crippen molar-refractivity contribution in [2.24, 2.45) is 0 Å². The Morgan fingerprint density at radius 2 is 2.21 bits per heavy atom. The minimum absolute atomic E-state index is 0.0135. The summed E-state index contributed by atoms with van der Waals surface area (Å²) in [5, 5.41) is 0.739. The van der Waals surface area contributed by atoms with Crippen LogP contribution < -0.4 is 0 Å². The van der Waals surface area contributed by atoms with E-state index in [9.17, 15) is 0 Å². The van der Waals surface area contributed by atoms with E-state index in [0.29, 0.717) is 0 Å². The van der Waals surface area contributed by atoms with E-state index in [0.717, 1.165) is 10.6 Å². The van der Waals surface area contributed by atoms with Crippen molar-refractivity contribution >= 4 is 20.6 Å². The third-order valence-electron chi connectivity index (χ3n) is 1.81. The Hall–Kier alpha value is -0.573. The highest BCUT2D eigenvalue weighted by Gasteiger charge is 2.09. The highest BCUT2D eigenvalue weighted by Crippen LogP contribution is 2.22. The van der Waals surface area contributed by atoms with Crippen LogP contribution in [0.2, 0.25) is 18.1 Å².